The molecule has 29 heavy (non-hydrogen) atoms. The number of nitrogens with zero attached hydrogens (tertiary/aromatic N) is 2. The van der Waals surface area contributed by atoms with Gasteiger partial charge >= 0.3 is 0 Å². The van der Waals surface area contributed by atoms with Gasteiger partial charge < -0.3 is 19.9 Å². The van der Waals surface area contributed by atoms with E-state index in [1.807, 2.05) is 30.9 Å². The van der Waals surface area contributed by atoms with Gasteiger partial charge in [-0.3, -0.25) is 14.4 Å². The van der Waals surface area contributed by atoms with Gasteiger partial charge in [0.25, 0.3) is 5.91 Å². The second kappa shape index (κ2) is 7.35. The van der Waals surface area contributed by atoms with Crippen LogP contribution in [0, 0.1) is 5.92 Å². The summed E-state index contributed by atoms with van der Waals surface area (Å²) in [6.45, 7) is 5.57. The van der Waals surface area contributed by atoms with Gasteiger partial charge in [-0.15, -0.1) is 0 Å². The zero-order valence-corrected chi connectivity index (χ0v) is 17.4. The molecule has 3 amide bonds. The maximum absolute atomic E-state index is 13.1. The maximum atomic E-state index is 13.1. The number of hydrogen-bond acceptors (Lipinski definition) is 4. The van der Waals surface area contributed by atoms with Gasteiger partial charge in [0.15, 0.2) is 0 Å². The highest BCUT2D eigenvalue weighted by atomic mass is 16.5. The Balaban J connectivity index is 1.46. The molecule has 156 valence electrons. The van der Waals surface area contributed by atoms with Crippen molar-refractivity contribution in [2.24, 2.45) is 5.92 Å². The van der Waals surface area contributed by atoms with Crippen molar-refractivity contribution in [3.05, 3.63) is 29.3 Å². The van der Waals surface area contributed by atoms with E-state index >= 15 is 0 Å². The first-order valence-corrected chi connectivity index (χ1v) is 10.4. The van der Waals surface area contributed by atoms with Gasteiger partial charge in [0, 0.05) is 37.7 Å². The van der Waals surface area contributed by atoms with E-state index in [1.165, 1.54) is 0 Å². The number of aryl methyl sites for hydroxylation is 1. The third kappa shape index (κ3) is 3.58. The zero-order valence-electron chi connectivity index (χ0n) is 17.4. The number of carbonyl (C=O) groups is 3. The molecule has 0 unspecified atom stereocenters. The Kier molecular flexibility index (Phi) is 5.00. The quantitative estimate of drug-likeness (QED) is 0.837. The minimum Gasteiger partial charge on any atom is -0.497 e. The number of likely N-dealkylation sites (tertiary alicyclic amines) is 2. The van der Waals surface area contributed by atoms with Crippen molar-refractivity contribution in [1.29, 1.82) is 0 Å². The van der Waals surface area contributed by atoms with E-state index < -0.39 is 5.54 Å². The molecule has 7 nitrogen and oxygen atoms in total. The fourth-order valence-corrected chi connectivity index (χ4v) is 4.88. The Labute approximate surface area is 171 Å². The summed E-state index contributed by atoms with van der Waals surface area (Å²) in [5.74, 6) is 0.380. The van der Waals surface area contributed by atoms with Crippen molar-refractivity contribution in [3.8, 4) is 5.75 Å². The van der Waals surface area contributed by atoms with Crippen molar-refractivity contribution < 1.29 is 19.1 Å². The predicted molar refractivity (Wildman–Crippen MR) is 108 cm³/mol. The molecule has 7 heteroatoms. The average molecular weight is 399 g/mol. The first-order valence-electron chi connectivity index (χ1n) is 10.4. The van der Waals surface area contributed by atoms with E-state index in [0.29, 0.717) is 30.9 Å². The van der Waals surface area contributed by atoms with Crippen molar-refractivity contribution in [1.82, 2.24) is 15.1 Å². The second-order valence-corrected chi connectivity index (χ2v) is 8.81. The molecule has 0 saturated carbocycles. The van der Waals surface area contributed by atoms with E-state index in [-0.39, 0.29) is 36.1 Å². The summed E-state index contributed by atoms with van der Waals surface area (Å²) in [6, 6.07) is 5.73. The molecular weight excluding hydrogens is 370 g/mol. The van der Waals surface area contributed by atoms with Gasteiger partial charge in [-0.05, 0) is 50.8 Å². The normalized spacial score (nSPS) is 26.7. The molecule has 0 aliphatic carbocycles. The molecule has 0 radical (unpaired) electrons. The number of rotatable bonds is 3. The molecular formula is C22H29N3O4. The smallest absolute Gasteiger partial charge is 0.252 e. The van der Waals surface area contributed by atoms with Crippen LogP contribution in [0.5, 0.6) is 5.75 Å². The van der Waals surface area contributed by atoms with Gasteiger partial charge in [-0.1, -0.05) is 6.07 Å². The van der Waals surface area contributed by atoms with Crippen molar-refractivity contribution in [2.45, 2.75) is 51.1 Å². The minimum absolute atomic E-state index is 0.0380. The lowest BCUT2D eigenvalue weighted by Crippen LogP contribution is -2.50. The monoisotopic (exact) mass is 399 g/mol. The van der Waals surface area contributed by atoms with Crippen LogP contribution in [-0.2, 0) is 16.0 Å². The molecule has 4 rings (SSSR count). The summed E-state index contributed by atoms with van der Waals surface area (Å²) in [5.41, 5.74) is 1.26. The van der Waals surface area contributed by atoms with Crippen LogP contribution in [0.1, 0.15) is 49.0 Å². The van der Waals surface area contributed by atoms with Crippen LogP contribution in [0.15, 0.2) is 18.2 Å². The summed E-state index contributed by atoms with van der Waals surface area (Å²) < 4.78 is 5.26. The lowest BCUT2D eigenvalue weighted by atomic mass is 9.91. The van der Waals surface area contributed by atoms with Crippen LogP contribution in [-0.4, -0.2) is 65.8 Å². The van der Waals surface area contributed by atoms with Crippen LogP contribution in [0.4, 0.5) is 0 Å². The first-order chi connectivity index (χ1) is 13.8. The molecule has 1 aromatic carbocycles. The van der Waals surface area contributed by atoms with E-state index in [1.54, 1.807) is 18.1 Å². The van der Waals surface area contributed by atoms with Crippen LogP contribution in [0.25, 0.3) is 0 Å². The Bertz CT molecular complexity index is 852. The number of ether oxygens (including phenoxy) is 1. The van der Waals surface area contributed by atoms with Gasteiger partial charge in [0.2, 0.25) is 11.8 Å². The summed E-state index contributed by atoms with van der Waals surface area (Å²) in [5, 5.41) is 3.21. The van der Waals surface area contributed by atoms with Crippen LogP contribution in [0.3, 0.4) is 0 Å². The Morgan fingerprint density at radius 2 is 2.07 bits per heavy atom. The Morgan fingerprint density at radius 1 is 1.28 bits per heavy atom. The SMILES string of the molecule is COc1ccc2c(c1)C(=O)N[C@@]1(CC2)CCN(C(=O)[C@@H]2CC(=O)N(C(C)C)C2)C1. The fraction of sp³-hybridized carbons (Fsp3) is 0.591. The molecule has 2 fully saturated rings. The number of nitrogens with one attached hydrogen (secondary N) is 1. The van der Waals surface area contributed by atoms with Crippen molar-refractivity contribution in [2.75, 3.05) is 26.7 Å². The summed E-state index contributed by atoms with van der Waals surface area (Å²) in [6.07, 6.45) is 2.61. The Hall–Kier alpha value is -2.57. The zero-order chi connectivity index (χ0) is 20.8. The molecule has 2 saturated heterocycles. The van der Waals surface area contributed by atoms with E-state index in [4.69, 9.17) is 4.74 Å². The Morgan fingerprint density at radius 3 is 2.76 bits per heavy atom. The number of benzene rings is 1. The molecule has 0 aromatic heterocycles. The molecule has 3 heterocycles. The summed E-state index contributed by atoms with van der Waals surface area (Å²) >= 11 is 0. The van der Waals surface area contributed by atoms with E-state index in [0.717, 1.165) is 24.8 Å². The molecule has 1 N–H and O–H groups in total. The van der Waals surface area contributed by atoms with Gasteiger partial charge in [-0.2, -0.15) is 0 Å². The van der Waals surface area contributed by atoms with Gasteiger partial charge in [-0.25, -0.2) is 0 Å². The largest absolute Gasteiger partial charge is 0.497 e. The summed E-state index contributed by atoms with van der Waals surface area (Å²) in [4.78, 5) is 41.8. The third-order valence-electron chi connectivity index (χ3n) is 6.61. The molecule has 3 aliphatic rings. The number of carbonyl (C=O) groups excluding carboxylic acids is 3. The van der Waals surface area contributed by atoms with Gasteiger partial charge in [0.1, 0.15) is 5.75 Å². The molecule has 0 bridgehead atoms. The fourth-order valence-electron chi connectivity index (χ4n) is 4.88. The number of fused-ring (bicyclic) bond motifs is 1. The van der Waals surface area contributed by atoms with Crippen molar-refractivity contribution >= 4 is 17.7 Å². The standard InChI is InChI=1S/C22H29N3O4/c1-14(2)25-12-16(10-19(25)26)21(28)24-9-8-22(13-24)7-6-15-4-5-17(29-3)11-18(15)20(27)23-22/h4-5,11,14,16H,6-10,12-13H2,1-3H3,(H,23,27)/t16-,22+/m1/s1. The third-order valence-corrected chi connectivity index (χ3v) is 6.61. The highest BCUT2D eigenvalue weighted by molar-refractivity contribution is 5.97. The molecule has 1 spiro atoms. The molecule has 2 atom stereocenters. The maximum Gasteiger partial charge on any atom is 0.252 e. The van der Waals surface area contributed by atoms with E-state index in [9.17, 15) is 14.4 Å². The lowest BCUT2D eigenvalue weighted by Gasteiger charge is -2.29. The second-order valence-electron chi connectivity index (χ2n) is 8.81. The van der Waals surface area contributed by atoms with Crippen LogP contribution < -0.4 is 10.1 Å². The average Bonchev–Trinajstić information content (AvgIpc) is 3.26. The minimum atomic E-state index is -0.403. The first kappa shape index (κ1) is 19.7. The summed E-state index contributed by atoms with van der Waals surface area (Å²) in [7, 11) is 1.59. The number of hydrogen-bond donors (Lipinski definition) is 1. The van der Waals surface area contributed by atoms with Gasteiger partial charge in [0.05, 0.1) is 18.6 Å². The molecule has 3 aliphatic heterocycles. The highest BCUT2D eigenvalue weighted by Crippen LogP contribution is 2.33. The topological polar surface area (TPSA) is 79.0 Å². The highest BCUT2D eigenvalue weighted by Gasteiger charge is 2.45. The molecule has 1 aromatic rings. The number of amides is 3. The van der Waals surface area contributed by atoms with Crippen LogP contribution in [0.2, 0.25) is 0 Å². The van der Waals surface area contributed by atoms with Crippen LogP contribution >= 0.6 is 0 Å². The van der Waals surface area contributed by atoms with E-state index in [2.05, 4.69) is 5.32 Å². The van der Waals surface area contributed by atoms with Crippen molar-refractivity contribution in [3.63, 3.8) is 0 Å². The lowest BCUT2D eigenvalue weighted by molar-refractivity contribution is -0.135. The number of methoxy groups -OCH3 is 1. The predicted octanol–water partition coefficient (Wildman–Crippen LogP) is 1.60.